The Labute approximate surface area is 90.3 Å². The Hall–Kier alpha value is -0.420. The van der Waals surface area contributed by atoms with E-state index in [4.69, 9.17) is 5.84 Å². The smallest absolute Gasteiger partial charge is 0.208 e. The van der Waals surface area contributed by atoms with Crippen molar-refractivity contribution in [2.24, 2.45) is 10.8 Å². The minimum Gasteiger partial charge on any atom is -0.341 e. The van der Waals surface area contributed by atoms with Crippen LogP contribution in [0.15, 0.2) is 4.99 Å². The second kappa shape index (κ2) is 6.95. The second-order valence-corrected chi connectivity index (χ2v) is 4.53. The lowest BCUT2D eigenvalue weighted by Gasteiger charge is -2.23. The van der Waals surface area contributed by atoms with Gasteiger partial charge in [-0.1, -0.05) is 6.92 Å². The molecule has 0 unspecified atom stereocenters. The van der Waals surface area contributed by atoms with E-state index in [1.807, 2.05) is 11.8 Å². The molecule has 1 fully saturated rings. The van der Waals surface area contributed by atoms with E-state index in [2.05, 4.69) is 22.2 Å². The summed E-state index contributed by atoms with van der Waals surface area (Å²) in [5.74, 6) is 8.75. The van der Waals surface area contributed by atoms with Crippen LogP contribution in [-0.2, 0) is 0 Å². The highest BCUT2D eigenvalue weighted by Crippen LogP contribution is 2.09. The second-order valence-electron chi connectivity index (χ2n) is 3.30. The van der Waals surface area contributed by atoms with Crippen molar-refractivity contribution in [2.45, 2.75) is 19.8 Å². The fourth-order valence-corrected chi connectivity index (χ4v) is 2.30. The van der Waals surface area contributed by atoms with E-state index in [1.54, 1.807) is 0 Å². The number of thioether (sulfide) groups is 1. The van der Waals surface area contributed by atoms with Crippen LogP contribution < -0.4 is 11.3 Å². The van der Waals surface area contributed by atoms with Crippen molar-refractivity contribution >= 4 is 17.7 Å². The standard InChI is InChI=1S/C9H20N4S/c1-2-4-11-9(12-10)13-5-3-7-14-8-6-13/h2-8,10H2,1H3,(H,11,12). The van der Waals surface area contributed by atoms with Crippen LogP contribution in [0.4, 0.5) is 0 Å². The number of hydrogen-bond acceptors (Lipinski definition) is 3. The number of guanidine groups is 1. The van der Waals surface area contributed by atoms with Gasteiger partial charge < -0.3 is 4.90 Å². The summed E-state index contributed by atoms with van der Waals surface area (Å²) in [7, 11) is 0. The van der Waals surface area contributed by atoms with E-state index in [0.717, 1.165) is 32.0 Å². The number of nitrogens with zero attached hydrogens (tertiary/aromatic N) is 2. The van der Waals surface area contributed by atoms with Crippen molar-refractivity contribution in [1.29, 1.82) is 0 Å². The molecule has 0 amide bonds. The molecule has 1 heterocycles. The molecule has 0 aromatic heterocycles. The summed E-state index contributed by atoms with van der Waals surface area (Å²) in [6, 6.07) is 0. The molecule has 0 bridgehead atoms. The summed E-state index contributed by atoms with van der Waals surface area (Å²) >= 11 is 2.01. The van der Waals surface area contributed by atoms with E-state index in [0.29, 0.717) is 0 Å². The van der Waals surface area contributed by atoms with Gasteiger partial charge in [0.15, 0.2) is 0 Å². The molecule has 0 aromatic rings. The van der Waals surface area contributed by atoms with Gasteiger partial charge in [0.2, 0.25) is 5.96 Å². The highest BCUT2D eigenvalue weighted by molar-refractivity contribution is 7.99. The van der Waals surface area contributed by atoms with Gasteiger partial charge in [-0.2, -0.15) is 11.8 Å². The summed E-state index contributed by atoms with van der Waals surface area (Å²) in [6.45, 7) is 5.09. The van der Waals surface area contributed by atoms with E-state index in [-0.39, 0.29) is 0 Å². The Morgan fingerprint density at radius 1 is 1.50 bits per heavy atom. The molecule has 0 spiro atoms. The SMILES string of the molecule is CCCN=C(NN)N1CCCSCC1. The van der Waals surface area contributed by atoms with Crippen LogP contribution >= 0.6 is 11.8 Å². The first-order valence-electron chi connectivity index (χ1n) is 5.22. The lowest BCUT2D eigenvalue weighted by Crippen LogP contribution is -2.45. The molecule has 0 aromatic carbocycles. The molecule has 3 N–H and O–H groups in total. The van der Waals surface area contributed by atoms with Crippen molar-refractivity contribution in [3.63, 3.8) is 0 Å². The minimum atomic E-state index is 0.850. The largest absolute Gasteiger partial charge is 0.341 e. The van der Waals surface area contributed by atoms with Crippen molar-refractivity contribution < 1.29 is 0 Å². The van der Waals surface area contributed by atoms with E-state index in [1.165, 1.54) is 17.9 Å². The fourth-order valence-electron chi connectivity index (χ4n) is 1.41. The normalized spacial score (nSPS) is 19.3. The fraction of sp³-hybridized carbons (Fsp3) is 0.889. The predicted molar refractivity (Wildman–Crippen MR) is 63.4 cm³/mol. The number of hydrogen-bond donors (Lipinski definition) is 2. The molecule has 1 rings (SSSR count). The zero-order chi connectivity index (χ0) is 10.2. The van der Waals surface area contributed by atoms with Crippen LogP contribution in [0, 0.1) is 0 Å². The highest BCUT2D eigenvalue weighted by Gasteiger charge is 2.12. The average molecular weight is 216 g/mol. The van der Waals surface area contributed by atoms with Gasteiger partial charge in [-0.25, -0.2) is 5.84 Å². The first-order valence-corrected chi connectivity index (χ1v) is 6.37. The number of nitrogens with one attached hydrogen (secondary N) is 1. The van der Waals surface area contributed by atoms with Crippen molar-refractivity contribution in [2.75, 3.05) is 31.1 Å². The Kier molecular flexibility index (Phi) is 5.78. The Bertz CT molecular complexity index is 176. The average Bonchev–Trinajstić information content (AvgIpc) is 2.48. The number of nitrogens with two attached hydrogens (primary N) is 1. The molecule has 1 aliphatic heterocycles. The van der Waals surface area contributed by atoms with E-state index >= 15 is 0 Å². The van der Waals surface area contributed by atoms with Crippen LogP contribution in [0.2, 0.25) is 0 Å². The molecular formula is C9H20N4S. The predicted octanol–water partition coefficient (Wildman–Crippen LogP) is 0.655. The number of rotatable bonds is 2. The van der Waals surface area contributed by atoms with Crippen LogP contribution in [0.3, 0.4) is 0 Å². The van der Waals surface area contributed by atoms with E-state index < -0.39 is 0 Å². The summed E-state index contributed by atoms with van der Waals surface area (Å²) in [4.78, 5) is 6.67. The molecule has 1 aliphatic rings. The van der Waals surface area contributed by atoms with Crippen LogP contribution in [0.5, 0.6) is 0 Å². The van der Waals surface area contributed by atoms with Gasteiger partial charge in [0, 0.05) is 25.4 Å². The first kappa shape index (κ1) is 11.7. The zero-order valence-corrected chi connectivity index (χ0v) is 9.65. The quantitative estimate of drug-likeness (QED) is 0.308. The van der Waals surface area contributed by atoms with Gasteiger partial charge in [-0.15, -0.1) is 0 Å². The molecular weight excluding hydrogens is 196 g/mol. The van der Waals surface area contributed by atoms with Gasteiger partial charge in [0.1, 0.15) is 0 Å². The summed E-state index contributed by atoms with van der Waals surface area (Å²) in [5, 5.41) is 0. The lowest BCUT2D eigenvalue weighted by molar-refractivity contribution is 0.431. The van der Waals surface area contributed by atoms with Gasteiger partial charge in [0.25, 0.3) is 0 Å². The molecule has 0 radical (unpaired) electrons. The monoisotopic (exact) mass is 216 g/mol. The molecule has 0 saturated carbocycles. The Morgan fingerprint density at radius 3 is 3.07 bits per heavy atom. The summed E-state index contributed by atoms with van der Waals surface area (Å²) < 4.78 is 0. The minimum absolute atomic E-state index is 0.850. The van der Waals surface area contributed by atoms with E-state index in [9.17, 15) is 0 Å². The number of aliphatic imine (C=N–C) groups is 1. The third-order valence-corrected chi connectivity index (χ3v) is 3.18. The van der Waals surface area contributed by atoms with Crippen molar-refractivity contribution in [3.05, 3.63) is 0 Å². The molecule has 4 nitrogen and oxygen atoms in total. The summed E-state index contributed by atoms with van der Waals surface area (Å²) in [6.07, 6.45) is 2.28. The number of hydrazine groups is 1. The molecule has 5 heteroatoms. The van der Waals surface area contributed by atoms with Gasteiger partial charge in [-0.05, 0) is 18.6 Å². The third kappa shape index (κ3) is 3.75. The molecule has 1 saturated heterocycles. The zero-order valence-electron chi connectivity index (χ0n) is 8.83. The van der Waals surface area contributed by atoms with Gasteiger partial charge in [0.05, 0.1) is 0 Å². The Morgan fingerprint density at radius 2 is 2.36 bits per heavy atom. The highest BCUT2D eigenvalue weighted by atomic mass is 32.2. The molecule has 0 aliphatic carbocycles. The summed E-state index contributed by atoms with van der Waals surface area (Å²) in [5.41, 5.74) is 2.70. The maximum absolute atomic E-state index is 5.47. The van der Waals surface area contributed by atoms with Crippen molar-refractivity contribution in [3.8, 4) is 0 Å². The lowest BCUT2D eigenvalue weighted by atomic mass is 10.4. The first-order chi connectivity index (χ1) is 6.88. The van der Waals surface area contributed by atoms with Gasteiger partial charge in [-0.3, -0.25) is 10.4 Å². The molecule has 0 atom stereocenters. The van der Waals surface area contributed by atoms with Crippen molar-refractivity contribution in [1.82, 2.24) is 10.3 Å². The molecule has 14 heavy (non-hydrogen) atoms. The third-order valence-electron chi connectivity index (χ3n) is 2.14. The molecule has 82 valence electrons. The maximum atomic E-state index is 5.47. The van der Waals surface area contributed by atoms with Gasteiger partial charge >= 0.3 is 0 Å². The van der Waals surface area contributed by atoms with Crippen LogP contribution in [-0.4, -0.2) is 42.0 Å². The maximum Gasteiger partial charge on any atom is 0.208 e. The topological polar surface area (TPSA) is 53.6 Å². The van der Waals surface area contributed by atoms with Crippen LogP contribution in [0.25, 0.3) is 0 Å². The van der Waals surface area contributed by atoms with Crippen LogP contribution in [0.1, 0.15) is 19.8 Å². The Balaban J connectivity index is 2.48.